The summed E-state index contributed by atoms with van der Waals surface area (Å²) >= 11 is 1.39. The van der Waals surface area contributed by atoms with Gasteiger partial charge in [-0.3, -0.25) is 9.89 Å². The number of H-pyrrole nitrogens is 1. The number of halogens is 1. The standard InChI is InChI=1S/C17H15FN4OS/c18-13-4-2-1-3-11(13)7-16-20-15(10-24-16)17(23)22-6-5-14-12(9-22)8-19-21-14/h1-4,8,10H,5-7,9H2,(H,19,21). The molecule has 7 heteroatoms. The number of benzene rings is 1. The topological polar surface area (TPSA) is 61.9 Å². The minimum absolute atomic E-state index is 0.0853. The van der Waals surface area contributed by atoms with Crippen LogP contribution in [0.5, 0.6) is 0 Å². The Labute approximate surface area is 142 Å². The van der Waals surface area contributed by atoms with Crippen LogP contribution in [0.25, 0.3) is 0 Å². The Bertz CT molecular complexity index is 888. The Balaban J connectivity index is 1.49. The van der Waals surface area contributed by atoms with Crippen molar-refractivity contribution in [2.24, 2.45) is 0 Å². The van der Waals surface area contributed by atoms with Crippen molar-refractivity contribution in [2.75, 3.05) is 6.54 Å². The normalized spacial score (nSPS) is 13.8. The number of nitrogens with one attached hydrogen (secondary N) is 1. The molecule has 122 valence electrons. The lowest BCUT2D eigenvalue weighted by molar-refractivity contribution is 0.0729. The van der Waals surface area contributed by atoms with Gasteiger partial charge in [-0.2, -0.15) is 5.10 Å². The van der Waals surface area contributed by atoms with E-state index in [1.165, 1.54) is 17.4 Å². The summed E-state index contributed by atoms with van der Waals surface area (Å²) in [6, 6.07) is 6.64. The Hall–Kier alpha value is -2.54. The molecule has 1 aliphatic rings. The fourth-order valence-corrected chi connectivity index (χ4v) is 3.64. The molecule has 24 heavy (non-hydrogen) atoms. The zero-order valence-corrected chi connectivity index (χ0v) is 13.6. The fraction of sp³-hybridized carbons (Fsp3) is 0.235. The first-order valence-electron chi connectivity index (χ1n) is 7.69. The van der Waals surface area contributed by atoms with Crippen LogP contribution in [-0.4, -0.2) is 32.5 Å². The van der Waals surface area contributed by atoms with Crippen LogP contribution in [0.2, 0.25) is 0 Å². The minimum Gasteiger partial charge on any atom is -0.332 e. The summed E-state index contributed by atoms with van der Waals surface area (Å²) in [6.07, 6.45) is 2.93. The van der Waals surface area contributed by atoms with Crippen LogP contribution in [0.15, 0.2) is 35.8 Å². The van der Waals surface area contributed by atoms with E-state index < -0.39 is 0 Å². The third-order valence-corrected chi connectivity index (χ3v) is 5.01. The smallest absolute Gasteiger partial charge is 0.273 e. The maximum absolute atomic E-state index is 13.7. The summed E-state index contributed by atoms with van der Waals surface area (Å²) in [5.74, 6) is -0.332. The molecule has 0 saturated carbocycles. The van der Waals surface area contributed by atoms with Gasteiger partial charge in [-0.1, -0.05) is 18.2 Å². The van der Waals surface area contributed by atoms with Gasteiger partial charge >= 0.3 is 0 Å². The molecule has 0 aliphatic carbocycles. The third kappa shape index (κ3) is 2.82. The maximum Gasteiger partial charge on any atom is 0.273 e. The highest BCUT2D eigenvalue weighted by Gasteiger charge is 2.24. The molecule has 3 heterocycles. The lowest BCUT2D eigenvalue weighted by atomic mass is 10.1. The van der Waals surface area contributed by atoms with Gasteiger partial charge in [0.2, 0.25) is 0 Å². The van der Waals surface area contributed by atoms with Gasteiger partial charge in [0.05, 0.1) is 11.2 Å². The quantitative estimate of drug-likeness (QED) is 0.796. The second-order valence-corrected chi connectivity index (χ2v) is 6.69. The molecule has 0 radical (unpaired) electrons. The molecule has 0 bridgehead atoms. The van der Waals surface area contributed by atoms with Crippen molar-refractivity contribution >= 4 is 17.2 Å². The number of hydrogen-bond donors (Lipinski definition) is 1. The predicted octanol–water partition coefficient (Wildman–Crippen LogP) is 2.79. The average Bonchev–Trinajstić information content (AvgIpc) is 3.24. The zero-order valence-electron chi connectivity index (χ0n) is 12.8. The number of carbonyl (C=O) groups excluding carboxylic acids is 1. The van der Waals surface area contributed by atoms with Crippen molar-refractivity contribution in [3.8, 4) is 0 Å². The Morgan fingerprint density at radius 2 is 2.25 bits per heavy atom. The van der Waals surface area contributed by atoms with Gasteiger partial charge in [-0.25, -0.2) is 9.37 Å². The summed E-state index contributed by atoms with van der Waals surface area (Å²) < 4.78 is 13.7. The second kappa shape index (κ2) is 6.16. The van der Waals surface area contributed by atoms with Gasteiger partial charge < -0.3 is 4.90 Å². The van der Waals surface area contributed by atoms with Crippen LogP contribution in [0.1, 0.15) is 32.3 Å². The van der Waals surface area contributed by atoms with Crippen molar-refractivity contribution in [3.63, 3.8) is 0 Å². The molecule has 0 fully saturated rings. The first kappa shape index (κ1) is 15.0. The van der Waals surface area contributed by atoms with E-state index >= 15 is 0 Å². The monoisotopic (exact) mass is 342 g/mol. The van der Waals surface area contributed by atoms with Crippen molar-refractivity contribution in [1.29, 1.82) is 0 Å². The molecule has 1 amide bonds. The number of rotatable bonds is 3. The largest absolute Gasteiger partial charge is 0.332 e. The number of aromatic nitrogens is 3. The van der Waals surface area contributed by atoms with E-state index in [1.807, 2.05) is 0 Å². The molecular weight excluding hydrogens is 327 g/mol. The second-order valence-electron chi connectivity index (χ2n) is 5.75. The van der Waals surface area contributed by atoms with Crippen molar-refractivity contribution < 1.29 is 9.18 Å². The highest BCUT2D eigenvalue weighted by molar-refractivity contribution is 7.09. The number of nitrogens with zero attached hydrogens (tertiary/aromatic N) is 3. The molecular formula is C17H15FN4OS. The van der Waals surface area contributed by atoms with E-state index in [2.05, 4.69) is 15.2 Å². The SMILES string of the molecule is O=C(c1csc(Cc2ccccc2F)n1)N1CCc2[nH]ncc2C1. The lowest BCUT2D eigenvalue weighted by Gasteiger charge is -2.25. The number of fused-ring (bicyclic) bond motifs is 1. The van der Waals surface area contributed by atoms with Gasteiger partial charge in [0.1, 0.15) is 11.5 Å². The van der Waals surface area contributed by atoms with Crippen LogP contribution < -0.4 is 0 Å². The van der Waals surface area contributed by atoms with Gasteiger partial charge in [-0.15, -0.1) is 11.3 Å². The zero-order chi connectivity index (χ0) is 16.5. The van der Waals surface area contributed by atoms with E-state index in [1.54, 1.807) is 34.7 Å². The highest BCUT2D eigenvalue weighted by atomic mass is 32.1. The molecule has 0 saturated heterocycles. The summed E-state index contributed by atoms with van der Waals surface area (Å²) in [5, 5.41) is 9.47. The predicted molar refractivity (Wildman–Crippen MR) is 88.4 cm³/mol. The van der Waals surface area contributed by atoms with E-state index in [0.29, 0.717) is 30.8 Å². The lowest BCUT2D eigenvalue weighted by Crippen LogP contribution is -2.35. The van der Waals surface area contributed by atoms with E-state index in [0.717, 1.165) is 22.7 Å². The van der Waals surface area contributed by atoms with Gasteiger partial charge in [0.25, 0.3) is 5.91 Å². The number of thiazole rings is 1. The first-order valence-corrected chi connectivity index (χ1v) is 8.57. The van der Waals surface area contributed by atoms with Crippen LogP contribution in [0, 0.1) is 5.82 Å². The van der Waals surface area contributed by atoms with Gasteiger partial charge in [0, 0.05) is 42.6 Å². The van der Waals surface area contributed by atoms with Crippen molar-refractivity contribution in [3.05, 3.63) is 69.2 Å². The van der Waals surface area contributed by atoms with Gasteiger partial charge in [-0.05, 0) is 11.6 Å². The van der Waals surface area contributed by atoms with Crippen LogP contribution in [0.3, 0.4) is 0 Å². The highest BCUT2D eigenvalue weighted by Crippen LogP contribution is 2.21. The molecule has 5 nitrogen and oxygen atoms in total. The Kier molecular flexibility index (Phi) is 3.86. The number of carbonyl (C=O) groups is 1. The molecule has 4 rings (SSSR count). The van der Waals surface area contributed by atoms with Crippen LogP contribution in [0.4, 0.5) is 4.39 Å². The number of hydrogen-bond acceptors (Lipinski definition) is 4. The number of aromatic amines is 1. The summed E-state index contributed by atoms with van der Waals surface area (Å²) in [4.78, 5) is 18.8. The summed E-state index contributed by atoms with van der Waals surface area (Å²) in [6.45, 7) is 1.19. The summed E-state index contributed by atoms with van der Waals surface area (Å²) in [5.41, 5.74) is 3.17. The minimum atomic E-state index is -0.246. The molecule has 0 spiro atoms. The molecule has 0 unspecified atom stereocenters. The molecule has 1 N–H and O–H groups in total. The first-order chi connectivity index (χ1) is 11.7. The van der Waals surface area contributed by atoms with Crippen LogP contribution in [-0.2, 0) is 19.4 Å². The molecule has 0 atom stereocenters. The molecule has 1 aromatic carbocycles. The van der Waals surface area contributed by atoms with Crippen LogP contribution >= 0.6 is 11.3 Å². The molecule has 2 aromatic heterocycles. The fourth-order valence-electron chi connectivity index (χ4n) is 2.85. The Morgan fingerprint density at radius 3 is 3.12 bits per heavy atom. The average molecular weight is 342 g/mol. The maximum atomic E-state index is 13.7. The van der Waals surface area contributed by atoms with Crippen molar-refractivity contribution in [1.82, 2.24) is 20.1 Å². The van der Waals surface area contributed by atoms with E-state index in [9.17, 15) is 9.18 Å². The number of amides is 1. The third-order valence-electron chi connectivity index (χ3n) is 4.16. The van der Waals surface area contributed by atoms with E-state index in [4.69, 9.17) is 0 Å². The molecule has 1 aliphatic heterocycles. The van der Waals surface area contributed by atoms with Gasteiger partial charge in [0.15, 0.2) is 0 Å². The van der Waals surface area contributed by atoms with Crippen molar-refractivity contribution in [2.45, 2.75) is 19.4 Å². The van der Waals surface area contributed by atoms with E-state index in [-0.39, 0.29) is 11.7 Å². The summed E-state index contributed by atoms with van der Waals surface area (Å²) in [7, 11) is 0. The Morgan fingerprint density at radius 1 is 1.38 bits per heavy atom. The molecule has 3 aromatic rings.